The first-order valence-corrected chi connectivity index (χ1v) is 7.69. The Morgan fingerprint density at radius 1 is 1.48 bits per heavy atom. The minimum Gasteiger partial charge on any atom is -0.466 e. The number of esters is 1. The van der Waals surface area contributed by atoms with E-state index in [4.69, 9.17) is 4.74 Å². The molecule has 0 bridgehead atoms. The van der Waals surface area contributed by atoms with E-state index in [2.05, 4.69) is 9.97 Å². The zero-order chi connectivity index (χ0) is 16.4. The summed E-state index contributed by atoms with van der Waals surface area (Å²) >= 11 is 0. The van der Waals surface area contributed by atoms with Crippen LogP contribution in [-0.4, -0.2) is 46.4 Å². The molecule has 1 aliphatic heterocycles. The van der Waals surface area contributed by atoms with Crippen LogP contribution in [0, 0.1) is 11.7 Å². The van der Waals surface area contributed by atoms with E-state index in [-0.39, 0.29) is 24.0 Å². The Balaban J connectivity index is 1.86. The van der Waals surface area contributed by atoms with Crippen LogP contribution in [0.5, 0.6) is 0 Å². The van der Waals surface area contributed by atoms with E-state index in [1.807, 2.05) is 0 Å². The number of benzene rings is 1. The second kappa shape index (κ2) is 6.36. The van der Waals surface area contributed by atoms with Crippen molar-refractivity contribution in [2.45, 2.75) is 19.8 Å². The first-order chi connectivity index (χ1) is 11.1. The zero-order valence-corrected chi connectivity index (χ0v) is 12.8. The Kier molecular flexibility index (Phi) is 4.27. The van der Waals surface area contributed by atoms with Crippen LogP contribution in [0.1, 0.15) is 30.1 Å². The Morgan fingerprint density at radius 2 is 2.30 bits per heavy atom. The highest BCUT2D eigenvalue weighted by Gasteiger charge is 2.31. The molecule has 122 valence electrons. The van der Waals surface area contributed by atoms with Gasteiger partial charge in [-0.05, 0) is 31.9 Å². The Bertz CT molecular complexity index is 743. The fourth-order valence-electron chi connectivity index (χ4n) is 2.96. The molecule has 0 spiro atoms. The molecular formula is C16H18FN3O3. The van der Waals surface area contributed by atoms with Gasteiger partial charge < -0.3 is 14.6 Å². The number of piperidine rings is 1. The van der Waals surface area contributed by atoms with E-state index in [0.29, 0.717) is 37.0 Å². The number of fused-ring (bicyclic) bond motifs is 1. The van der Waals surface area contributed by atoms with Crippen LogP contribution in [0.3, 0.4) is 0 Å². The summed E-state index contributed by atoms with van der Waals surface area (Å²) in [6.07, 6.45) is 2.80. The lowest BCUT2D eigenvalue weighted by Gasteiger charge is -2.31. The first-order valence-electron chi connectivity index (χ1n) is 7.69. The van der Waals surface area contributed by atoms with Gasteiger partial charge in [0, 0.05) is 13.1 Å². The van der Waals surface area contributed by atoms with E-state index >= 15 is 0 Å². The molecule has 0 aliphatic carbocycles. The molecule has 1 aromatic carbocycles. The number of hydrogen-bond donors (Lipinski definition) is 1. The summed E-state index contributed by atoms with van der Waals surface area (Å²) in [4.78, 5) is 33.0. The van der Waals surface area contributed by atoms with Crippen molar-refractivity contribution in [2.75, 3.05) is 19.7 Å². The summed E-state index contributed by atoms with van der Waals surface area (Å²) in [6, 6.07) is 2.80. The summed E-state index contributed by atoms with van der Waals surface area (Å²) in [5.41, 5.74) is 0.871. The molecule has 1 amide bonds. The molecule has 1 aliphatic rings. The average Bonchev–Trinajstić information content (AvgIpc) is 3.03. The largest absolute Gasteiger partial charge is 0.466 e. The smallest absolute Gasteiger partial charge is 0.310 e. The third-order valence-electron chi connectivity index (χ3n) is 4.08. The van der Waals surface area contributed by atoms with E-state index in [1.165, 1.54) is 17.3 Å². The topological polar surface area (TPSA) is 75.3 Å². The molecule has 6 nitrogen and oxygen atoms in total. The number of aromatic nitrogens is 2. The summed E-state index contributed by atoms with van der Waals surface area (Å²) in [7, 11) is 0. The molecule has 1 N–H and O–H groups in total. The normalized spacial score (nSPS) is 18.2. The number of hydrogen-bond acceptors (Lipinski definition) is 4. The number of carbonyl (C=O) groups excluding carboxylic acids is 2. The quantitative estimate of drug-likeness (QED) is 0.879. The Morgan fingerprint density at radius 3 is 3.09 bits per heavy atom. The highest BCUT2D eigenvalue weighted by molar-refractivity contribution is 6.05. The van der Waals surface area contributed by atoms with Gasteiger partial charge in [-0.3, -0.25) is 9.59 Å². The third-order valence-corrected chi connectivity index (χ3v) is 4.08. The number of aromatic amines is 1. The predicted molar refractivity (Wildman–Crippen MR) is 81.3 cm³/mol. The van der Waals surface area contributed by atoms with Crippen LogP contribution in [0.4, 0.5) is 4.39 Å². The van der Waals surface area contributed by atoms with E-state index in [9.17, 15) is 14.0 Å². The van der Waals surface area contributed by atoms with Gasteiger partial charge in [0.05, 0.1) is 24.4 Å². The van der Waals surface area contributed by atoms with Gasteiger partial charge in [-0.15, -0.1) is 0 Å². The summed E-state index contributed by atoms with van der Waals surface area (Å²) in [5, 5.41) is 0. The Hall–Kier alpha value is -2.44. The molecule has 0 saturated carbocycles. The average molecular weight is 319 g/mol. The van der Waals surface area contributed by atoms with Crippen molar-refractivity contribution in [1.29, 1.82) is 0 Å². The van der Waals surface area contributed by atoms with Crippen molar-refractivity contribution >= 4 is 22.9 Å². The maximum Gasteiger partial charge on any atom is 0.310 e. The van der Waals surface area contributed by atoms with Gasteiger partial charge in [0.2, 0.25) is 0 Å². The predicted octanol–water partition coefficient (Wildman–Crippen LogP) is 2.12. The standard InChI is InChI=1S/C16H18FN3O3/c1-2-23-16(22)10-4-3-7-20(8-10)15(21)13-11(17)5-6-12-14(13)19-9-18-12/h5-6,9-10H,2-4,7-8H2,1H3,(H,18,19)/t10-/m1/s1. The molecule has 1 fully saturated rings. The number of nitrogens with one attached hydrogen (secondary N) is 1. The molecule has 2 aromatic rings. The van der Waals surface area contributed by atoms with Gasteiger partial charge in [-0.2, -0.15) is 0 Å². The number of likely N-dealkylation sites (tertiary alicyclic amines) is 1. The van der Waals surface area contributed by atoms with Crippen molar-refractivity contribution in [3.05, 3.63) is 29.8 Å². The van der Waals surface area contributed by atoms with Crippen molar-refractivity contribution in [3.63, 3.8) is 0 Å². The highest BCUT2D eigenvalue weighted by atomic mass is 19.1. The van der Waals surface area contributed by atoms with Gasteiger partial charge in [0.1, 0.15) is 16.9 Å². The number of halogens is 1. The molecule has 0 unspecified atom stereocenters. The lowest BCUT2D eigenvalue weighted by molar-refractivity contribution is -0.149. The third kappa shape index (κ3) is 2.91. The summed E-state index contributed by atoms with van der Waals surface area (Å²) in [6.45, 7) is 2.80. The maximum atomic E-state index is 14.2. The molecule has 0 radical (unpaired) electrons. The van der Waals surface area contributed by atoms with Crippen molar-refractivity contribution in [1.82, 2.24) is 14.9 Å². The van der Waals surface area contributed by atoms with Crippen LogP contribution in [0.2, 0.25) is 0 Å². The molecule has 23 heavy (non-hydrogen) atoms. The first kappa shape index (κ1) is 15.5. The Labute approximate surface area is 132 Å². The van der Waals surface area contributed by atoms with Gasteiger partial charge >= 0.3 is 5.97 Å². The molecule has 7 heteroatoms. The lowest BCUT2D eigenvalue weighted by Crippen LogP contribution is -2.43. The zero-order valence-electron chi connectivity index (χ0n) is 12.8. The van der Waals surface area contributed by atoms with Crippen molar-refractivity contribution < 1.29 is 18.7 Å². The number of rotatable bonds is 3. The fourth-order valence-corrected chi connectivity index (χ4v) is 2.96. The molecular weight excluding hydrogens is 301 g/mol. The van der Waals surface area contributed by atoms with Gasteiger partial charge in [0.15, 0.2) is 0 Å². The molecule has 3 rings (SSSR count). The van der Waals surface area contributed by atoms with Crippen LogP contribution in [0.25, 0.3) is 11.0 Å². The SMILES string of the molecule is CCOC(=O)[C@@H]1CCCN(C(=O)c2c(F)ccc3[nH]cnc23)C1. The maximum absolute atomic E-state index is 14.2. The van der Waals surface area contributed by atoms with Crippen LogP contribution < -0.4 is 0 Å². The van der Waals surface area contributed by atoms with Gasteiger partial charge in [0.25, 0.3) is 5.91 Å². The number of H-pyrrole nitrogens is 1. The summed E-state index contributed by atoms with van der Waals surface area (Å²) in [5.74, 6) is -1.69. The second-order valence-electron chi connectivity index (χ2n) is 5.56. The second-order valence-corrected chi connectivity index (χ2v) is 5.56. The fraction of sp³-hybridized carbons (Fsp3) is 0.438. The van der Waals surface area contributed by atoms with E-state index in [0.717, 1.165) is 0 Å². The van der Waals surface area contributed by atoms with Crippen LogP contribution in [0.15, 0.2) is 18.5 Å². The monoisotopic (exact) mass is 319 g/mol. The number of imidazole rings is 1. The minimum absolute atomic E-state index is 0.0479. The van der Waals surface area contributed by atoms with Gasteiger partial charge in [-0.1, -0.05) is 0 Å². The highest BCUT2D eigenvalue weighted by Crippen LogP contribution is 2.24. The number of amides is 1. The minimum atomic E-state index is -0.604. The van der Waals surface area contributed by atoms with E-state index < -0.39 is 11.7 Å². The van der Waals surface area contributed by atoms with Gasteiger partial charge in [-0.25, -0.2) is 9.37 Å². The number of nitrogens with zero attached hydrogens (tertiary/aromatic N) is 2. The summed E-state index contributed by atoms with van der Waals surface area (Å²) < 4.78 is 19.2. The molecule has 1 saturated heterocycles. The van der Waals surface area contributed by atoms with Crippen LogP contribution >= 0.6 is 0 Å². The molecule has 1 atom stereocenters. The molecule has 1 aromatic heterocycles. The van der Waals surface area contributed by atoms with Crippen molar-refractivity contribution in [2.24, 2.45) is 5.92 Å². The lowest BCUT2D eigenvalue weighted by atomic mass is 9.97. The van der Waals surface area contributed by atoms with Crippen molar-refractivity contribution in [3.8, 4) is 0 Å². The number of carbonyl (C=O) groups is 2. The number of ether oxygens (including phenoxy) is 1. The molecule has 2 heterocycles. The van der Waals surface area contributed by atoms with E-state index in [1.54, 1.807) is 13.0 Å². The van der Waals surface area contributed by atoms with Crippen LogP contribution in [-0.2, 0) is 9.53 Å².